The molecule has 1 saturated heterocycles. The third-order valence-electron chi connectivity index (χ3n) is 3.42. The van der Waals surface area contributed by atoms with E-state index in [9.17, 15) is 16.8 Å². The van der Waals surface area contributed by atoms with Gasteiger partial charge in [0.15, 0.2) is 0 Å². The maximum Gasteiger partial charge on any atom is 0.243 e. The second-order valence-electron chi connectivity index (χ2n) is 6.52. The summed E-state index contributed by atoms with van der Waals surface area (Å²) >= 11 is 1.78. The first-order valence-corrected chi connectivity index (χ1v) is 11.1. The first-order chi connectivity index (χ1) is 10.4. The number of rotatable bonds is 4. The fraction of sp³-hybridized carbons (Fsp3) is 0.571. The minimum Gasteiger partial charge on any atom is -0.225 e. The number of primary sulfonamides is 1. The van der Waals surface area contributed by atoms with Crippen molar-refractivity contribution in [2.45, 2.75) is 47.0 Å². The third kappa shape index (κ3) is 4.69. The van der Waals surface area contributed by atoms with Crippen molar-refractivity contribution >= 4 is 31.8 Å². The molecule has 130 valence electrons. The molecule has 1 aromatic rings. The molecule has 23 heavy (non-hydrogen) atoms. The Labute approximate surface area is 142 Å². The number of sulfonamides is 2. The van der Waals surface area contributed by atoms with Gasteiger partial charge in [-0.3, -0.25) is 0 Å². The van der Waals surface area contributed by atoms with Crippen molar-refractivity contribution in [2.75, 3.05) is 13.1 Å². The van der Waals surface area contributed by atoms with Crippen LogP contribution in [0.2, 0.25) is 0 Å². The number of hydrogen-bond donors (Lipinski definition) is 1. The lowest BCUT2D eigenvalue weighted by Crippen LogP contribution is -2.30. The van der Waals surface area contributed by atoms with E-state index in [4.69, 9.17) is 5.14 Å². The highest BCUT2D eigenvalue weighted by Gasteiger charge is 2.34. The van der Waals surface area contributed by atoms with Gasteiger partial charge in [-0.25, -0.2) is 22.0 Å². The summed E-state index contributed by atoms with van der Waals surface area (Å²) in [7, 11) is -7.43. The van der Waals surface area contributed by atoms with Crippen LogP contribution in [0.25, 0.3) is 0 Å². The average molecular weight is 379 g/mol. The molecule has 0 amide bonds. The van der Waals surface area contributed by atoms with E-state index in [-0.39, 0.29) is 19.8 Å². The van der Waals surface area contributed by atoms with Crippen LogP contribution in [0.3, 0.4) is 0 Å². The van der Waals surface area contributed by atoms with Crippen LogP contribution in [-0.4, -0.2) is 44.2 Å². The molecule has 1 heterocycles. The zero-order chi connectivity index (χ0) is 17.5. The largest absolute Gasteiger partial charge is 0.243 e. The Morgan fingerprint density at radius 2 is 1.61 bits per heavy atom. The van der Waals surface area contributed by atoms with Crippen LogP contribution in [0.1, 0.15) is 27.2 Å². The number of hydrogen-bond acceptors (Lipinski definition) is 5. The third-order valence-corrected chi connectivity index (χ3v) is 7.65. The molecule has 2 N–H and O–H groups in total. The smallest absolute Gasteiger partial charge is 0.225 e. The normalized spacial score (nSPS) is 20.8. The Hall–Kier alpha value is -0.610. The average Bonchev–Trinajstić information content (AvgIpc) is 2.85. The first-order valence-electron chi connectivity index (χ1n) is 7.20. The Morgan fingerprint density at radius 3 is 2.09 bits per heavy atom. The maximum absolute atomic E-state index is 12.6. The van der Waals surface area contributed by atoms with Crippen molar-refractivity contribution in [1.82, 2.24) is 4.31 Å². The van der Waals surface area contributed by atoms with Gasteiger partial charge in [-0.05, 0) is 30.7 Å². The predicted molar refractivity (Wildman–Crippen MR) is 92.3 cm³/mol. The Balaban J connectivity index is 2.17. The van der Waals surface area contributed by atoms with Crippen LogP contribution >= 0.6 is 11.8 Å². The summed E-state index contributed by atoms with van der Waals surface area (Å²) in [6, 6.07) is 5.03. The van der Waals surface area contributed by atoms with Crippen molar-refractivity contribution < 1.29 is 16.8 Å². The Morgan fingerprint density at radius 1 is 1.09 bits per heavy atom. The number of nitrogens with two attached hydrogens (primary N) is 1. The fourth-order valence-electron chi connectivity index (χ4n) is 2.46. The molecule has 0 unspecified atom stereocenters. The maximum atomic E-state index is 12.6. The van der Waals surface area contributed by atoms with E-state index >= 15 is 0 Å². The van der Waals surface area contributed by atoms with Gasteiger partial charge in [-0.1, -0.05) is 20.8 Å². The zero-order valence-electron chi connectivity index (χ0n) is 13.4. The molecule has 1 fully saturated rings. The highest BCUT2D eigenvalue weighted by Crippen LogP contribution is 2.35. The lowest BCUT2D eigenvalue weighted by atomic mass is 10.3. The van der Waals surface area contributed by atoms with E-state index in [0.717, 1.165) is 6.42 Å². The molecular formula is C14H22N2O4S3. The Bertz CT molecular complexity index is 765. The van der Waals surface area contributed by atoms with Gasteiger partial charge in [-0.15, -0.1) is 0 Å². The molecule has 0 radical (unpaired) electrons. The van der Waals surface area contributed by atoms with E-state index in [2.05, 4.69) is 20.8 Å². The molecule has 1 aromatic carbocycles. The standard InChI is InChI=1S/C14H22N2O4S3/c1-14(2,3)21-11-8-9-16(10-11)23(19,20)13-6-4-12(5-7-13)22(15,17)18/h4-7,11H,8-10H2,1-3H3,(H2,15,17,18)/t11-/m1/s1. The molecule has 0 bridgehead atoms. The molecular weight excluding hydrogens is 356 g/mol. The predicted octanol–water partition coefficient (Wildman–Crippen LogP) is 1.63. The molecule has 1 atom stereocenters. The summed E-state index contributed by atoms with van der Waals surface area (Å²) < 4.78 is 49.3. The monoisotopic (exact) mass is 378 g/mol. The summed E-state index contributed by atoms with van der Waals surface area (Å²) in [4.78, 5) is -0.00894. The van der Waals surface area contributed by atoms with E-state index in [1.165, 1.54) is 28.6 Å². The molecule has 0 spiro atoms. The zero-order valence-corrected chi connectivity index (χ0v) is 15.8. The van der Waals surface area contributed by atoms with Crippen molar-refractivity contribution in [3.63, 3.8) is 0 Å². The number of thioether (sulfide) groups is 1. The summed E-state index contributed by atoms with van der Waals surface area (Å²) in [5, 5.41) is 5.30. The van der Waals surface area contributed by atoms with E-state index < -0.39 is 20.0 Å². The van der Waals surface area contributed by atoms with Crippen LogP contribution in [-0.2, 0) is 20.0 Å². The molecule has 1 aliphatic heterocycles. The van der Waals surface area contributed by atoms with Gasteiger partial charge in [-0.2, -0.15) is 16.1 Å². The second-order valence-corrected chi connectivity index (χ2v) is 12.1. The molecule has 6 nitrogen and oxygen atoms in total. The lowest BCUT2D eigenvalue weighted by molar-refractivity contribution is 0.478. The summed E-state index contributed by atoms with van der Waals surface area (Å²) in [5.74, 6) is 0. The second kappa shape index (κ2) is 6.36. The number of nitrogens with zero attached hydrogens (tertiary/aromatic N) is 1. The molecule has 0 aromatic heterocycles. The van der Waals surface area contributed by atoms with Crippen molar-refractivity contribution in [1.29, 1.82) is 0 Å². The van der Waals surface area contributed by atoms with Crippen molar-refractivity contribution in [3.8, 4) is 0 Å². The minimum atomic E-state index is -3.82. The van der Waals surface area contributed by atoms with E-state index in [1.807, 2.05) is 0 Å². The van der Waals surface area contributed by atoms with Gasteiger partial charge < -0.3 is 0 Å². The van der Waals surface area contributed by atoms with Crippen LogP contribution < -0.4 is 5.14 Å². The molecule has 1 aliphatic rings. The van der Waals surface area contributed by atoms with E-state index in [0.29, 0.717) is 13.1 Å². The fourth-order valence-corrected chi connectivity index (χ4v) is 6.05. The van der Waals surface area contributed by atoms with Crippen LogP contribution in [0.4, 0.5) is 0 Å². The molecule has 0 saturated carbocycles. The van der Waals surface area contributed by atoms with Crippen molar-refractivity contribution in [2.24, 2.45) is 5.14 Å². The van der Waals surface area contributed by atoms with Gasteiger partial charge in [0.2, 0.25) is 20.0 Å². The topological polar surface area (TPSA) is 97.5 Å². The van der Waals surface area contributed by atoms with Gasteiger partial charge in [0.25, 0.3) is 0 Å². The van der Waals surface area contributed by atoms with Crippen LogP contribution in [0.15, 0.2) is 34.1 Å². The Kier molecular flexibility index (Phi) is 5.18. The summed E-state index contributed by atoms with van der Waals surface area (Å²) in [5.41, 5.74) is 0. The molecule has 9 heteroatoms. The first kappa shape index (κ1) is 18.7. The van der Waals surface area contributed by atoms with Gasteiger partial charge in [0.05, 0.1) is 9.79 Å². The highest BCUT2D eigenvalue weighted by atomic mass is 32.2. The van der Waals surface area contributed by atoms with Gasteiger partial charge in [0, 0.05) is 23.1 Å². The quantitative estimate of drug-likeness (QED) is 0.859. The summed E-state index contributed by atoms with van der Waals surface area (Å²) in [6.45, 7) is 7.29. The molecule has 0 aliphatic carbocycles. The van der Waals surface area contributed by atoms with Gasteiger partial charge >= 0.3 is 0 Å². The number of benzene rings is 1. The van der Waals surface area contributed by atoms with Gasteiger partial charge in [0.1, 0.15) is 0 Å². The lowest BCUT2D eigenvalue weighted by Gasteiger charge is -2.23. The van der Waals surface area contributed by atoms with Crippen LogP contribution in [0, 0.1) is 0 Å². The SMILES string of the molecule is CC(C)(C)S[C@@H]1CCN(S(=O)(=O)c2ccc(S(N)(=O)=O)cc2)C1. The van der Waals surface area contributed by atoms with Crippen LogP contribution in [0.5, 0.6) is 0 Å². The molecule has 2 rings (SSSR count). The van der Waals surface area contributed by atoms with Crippen molar-refractivity contribution in [3.05, 3.63) is 24.3 Å². The van der Waals surface area contributed by atoms with E-state index in [1.54, 1.807) is 11.8 Å². The highest BCUT2D eigenvalue weighted by molar-refractivity contribution is 8.01. The summed E-state index contributed by atoms with van der Waals surface area (Å²) in [6.07, 6.45) is 0.816. The minimum absolute atomic E-state index is 0.0849.